The molecule has 0 aliphatic heterocycles. The lowest BCUT2D eigenvalue weighted by molar-refractivity contribution is 1.43. The quantitative estimate of drug-likeness (QED) is 0.454. The van der Waals surface area contributed by atoms with Crippen molar-refractivity contribution in [3.05, 3.63) is 33.8 Å². The Morgan fingerprint density at radius 1 is 1.50 bits per heavy atom. The van der Waals surface area contributed by atoms with Crippen molar-refractivity contribution < 1.29 is 0 Å². The van der Waals surface area contributed by atoms with Crippen LogP contribution in [0, 0.1) is 0 Å². The molecule has 0 saturated heterocycles. The monoisotopic (exact) mass is 304 g/mol. The Balaban J connectivity index is 2.68. The van der Waals surface area contributed by atoms with Crippen molar-refractivity contribution in [1.82, 2.24) is 0 Å². The third-order valence-electron chi connectivity index (χ3n) is 1.47. The van der Waals surface area contributed by atoms with Crippen LogP contribution in [-0.2, 0) is 5.75 Å². The molecule has 1 aromatic carbocycles. The van der Waals surface area contributed by atoms with E-state index in [0.717, 1.165) is 16.3 Å². The number of thiol groups is 1. The predicted octanol–water partition coefficient (Wildman–Crippen LogP) is 5.21. The van der Waals surface area contributed by atoms with Gasteiger partial charge >= 0.3 is 0 Å². The molecule has 0 spiro atoms. The first-order chi connectivity index (χ1) is 6.38. The molecule has 0 aromatic heterocycles. The highest BCUT2D eigenvalue weighted by atomic mass is 35.5. The van der Waals surface area contributed by atoms with Gasteiger partial charge in [0.1, 0.15) is 0 Å². The third-order valence-corrected chi connectivity index (χ3v) is 6.92. The van der Waals surface area contributed by atoms with Gasteiger partial charge in [-0.25, -0.2) is 0 Å². The summed E-state index contributed by atoms with van der Waals surface area (Å²) < 4.78 is 0. The van der Waals surface area contributed by atoms with Gasteiger partial charge in [0.25, 0.3) is 0 Å². The van der Waals surface area contributed by atoms with Gasteiger partial charge in [0.2, 0.25) is 0 Å². The summed E-state index contributed by atoms with van der Waals surface area (Å²) >= 11 is 16.3. The molecule has 2 unspecified atom stereocenters. The second-order valence-corrected chi connectivity index (χ2v) is 16.8. The molecule has 0 fully saturated rings. The van der Waals surface area contributed by atoms with Gasteiger partial charge < -0.3 is 0 Å². The Labute approximate surface area is 107 Å². The third kappa shape index (κ3) is 4.87. The summed E-state index contributed by atoms with van der Waals surface area (Å²) in [5, 5.41) is 1.41. The molecule has 80 valence electrons. The fourth-order valence-electron chi connectivity index (χ4n) is 0.822. The van der Waals surface area contributed by atoms with Crippen molar-refractivity contribution in [2.24, 2.45) is 0 Å². The van der Waals surface area contributed by atoms with E-state index in [1.807, 2.05) is 12.1 Å². The number of halogens is 2. The fourth-order valence-corrected chi connectivity index (χ4v) is 4.18. The first-order valence-electron chi connectivity index (χ1n) is 3.75. The van der Waals surface area contributed by atoms with Crippen molar-refractivity contribution >= 4 is 61.8 Å². The Morgan fingerprint density at radius 2 is 2.14 bits per heavy atom. The van der Waals surface area contributed by atoms with E-state index in [1.165, 1.54) is 0 Å². The molecule has 0 aliphatic rings. The van der Waals surface area contributed by atoms with Crippen LogP contribution in [0.15, 0.2) is 18.2 Å². The molecule has 2 atom stereocenters. The highest BCUT2D eigenvalue weighted by Gasteiger charge is 2.08. The van der Waals surface area contributed by atoms with Crippen molar-refractivity contribution in [1.29, 1.82) is 0 Å². The van der Waals surface area contributed by atoms with Crippen LogP contribution >= 0.6 is 61.8 Å². The van der Waals surface area contributed by atoms with Gasteiger partial charge in [0, 0.05) is 15.8 Å². The Kier molecular flexibility index (Phi) is 5.30. The second-order valence-electron chi connectivity index (χ2n) is 2.86. The molecule has 6 heteroatoms. The van der Waals surface area contributed by atoms with Gasteiger partial charge in [-0.2, -0.15) is 0 Å². The highest BCUT2D eigenvalue weighted by molar-refractivity contribution is 9.35. The maximum Gasteiger partial charge on any atom is 0.0461 e. The van der Waals surface area contributed by atoms with Crippen LogP contribution in [-0.4, -0.2) is 6.26 Å². The average molecular weight is 305 g/mol. The lowest BCUT2D eigenvalue weighted by Crippen LogP contribution is -1.82. The minimum atomic E-state index is -0.913. The maximum atomic E-state index is 6.04. The van der Waals surface area contributed by atoms with Crippen molar-refractivity contribution in [2.75, 3.05) is 6.26 Å². The average Bonchev–Trinajstić information content (AvgIpc) is 2.00. The van der Waals surface area contributed by atoms with Gasteiger partial charge in [-0.15, -0.1) is 19.4 Å². The first-order valence-corrected chi connectivity index (χ1v) is 10.6. The van der Waals surface area contributed by atoms with Gasteiger partial charge in [0.15, 0.2) is 0 Å². The number of rotatable bonds is 3. The van der Waals surface area contributed by atoms with E-state index < -0.39 is 7.71 Å². The zero-order valence-corrected chi connectivity index (χ0v) is 12.7. The summed E-state index contributed by atoms with van der Waals surface area (Å²) in [5.74, 6) is 0.870. The van der Waals surface area contributed by atoms with E-state index in [-0.39, 0.29) is 0 Å². The van der Waals surface area contributed by atoms with Gasteiger partial charge in [-0.3, -0.25) is 0 Å². The van der Waals surface area contributed by atoms with Gasteiger partial charge in [0.05, 0.1) is 0 Å². The smallest absolute Gasteiger partial charge is 0.0461 e. The first kappa shape index (κ1) is 13.3. The number of benzene rings is 1. The van der Waals surface area contributed by atoms with E-state index in [1.54, 1.807) is 16.9 Å². The minimum absolute atomic E-state index is 0.676. The Bertz CT molecular complexity index is 325. The summed E-state index contributed by atoms with van der Waals surface area (Å²) in [5.41, 5.74) is 1.11. The largest absolute Gasteiger partial charge is 0.135 e. The second kappa shape index (κ2) is 5.56. The highest BCUT2D eigenvalue weighted by Crippen LogP contribution is 2.68. The normalized spacial score (nSPS) is 17.5. The Hall–Kier alpha value is 1.28. The molecule has 0 N–H and O–H groups in total. The van der Waals surface area contributed by atoms with Crippen LogP contribution in [0.4, 0.5) is 0 Å². The molecular weight excluding hydrogens is 294 g/mol. The van der Waals surface area contributed by atoms with E-state index in [4.69, 9.17) is 23.2 Å². The van der Waals surface area contributed by atoms with Crippen molar-refractivity contribution in [3.8, 4) is 0 Å². The lowest BCUT2D eigenvalue weighted by Gasteiger charge is -2.22. The molecule has 0 bridgehead atoms. The van der Waals surface area contributed by atoms with Crippen LogP contribution in [0.25, 0.3) is 0 Å². The van der Waals surface area contributed by atoms with Crippen LogP contribution in [0.5, 0.6) is 0 Å². The molecule has 0 heterocycles. The summed E-state index contributed by atoms with van der Waals surface area (Å²) in [6.07, 6.45) is 2.11. The lowest BCUT2D eigenvalue weighted by atomic mass is 10.2. The van der Waals surface area contributed by atoms with Crippen LogP contribution in [0.3, 0.4) is 0 Å². The molecule has 0 saturated carbocycles. The standard InChI is InChI=1S/C8H11Cl2PS3/c1-14(11,12)13-5-6-2-3-7(9)4-8(6)10/h2-4,12H,5,11H2,1H3. The number of hydrogen-bond donors (Lipinski definition) is 1. The van der Waals surface area contributed by atoms with Gasteiger partial charge in [-0.1, -0.05) is 48.5 Å². The van der Waals surface area contributed by atoms with Crippen LogP contribution < -0.4 is 0 Å². The molecule has 0 aliphatic carbocycles. The SMILES string of the molecule is CS(P)(S)SCc1ccc(Cl)cc1Cl. The van der Waals surface area contributed by atoms with Crippen molar-refractivity contribution in [3.63, 3.8) is 0 Å². The molecular formula is C8H11Cl2PS3. The van der Waals surface area contributed by atoms with E-state index in [2.05, 4.69) is 26.4 Å². The van der Waals surface area contributed by atoms with E-state index >= 15 is 0 Å². The topological polar surface area (TPSA) is 0 Å². The van der Waals surface area contributed by atoms with Gasteiger partial charge in [-0.05, 0) is 24.0 Å². The zero-order chi connectivity index (χ0) is 10.8. The summed E-state index contributed by atoms with van der Waals surface area (Å²) in [7, 11) is 3.63. The summed E-state index contributed by atoms with van der Waals surface area (Å²) in [4.78, 5) is 0. The van der Waals surface area contributed by atoms with Crippen LogP contribution in [0.2, 0.25) is 10.0 Å². The molecule has 14 heavy (non-hydrogen) atoms. The summed E-state index contributed by atoms with van der Waals surface area (Å²) in [6.45, 7) is 0. The van der Waals surface area contributed by atoms with Crippen molar-refractivity contribution in [2.45, 2.75) is 5.75 Å². The van der Waals surface area contributed by atoms with Crippen LogP contribution in [0.1, 0.15) is 5.56 Å². The number of hydrogen-bond acceptors (Lipinski definition) is 2. The molecule has 0 nitrogen and oxygen atoms in total. The molecule has 0 radical (unpaired) electrons. The summed E-state index contributed by atoms with van der Waals surface area (Å²) in [6, 6.07) is 5.59. The zero-order valence-electron chi connectivity index (χ0n) is 7.54. The fraction of sp³-hybridized carbons (Fsp3) is 0.250. The predicted molar refractivity (Wildman–Crippen MR) is 80.0 cm³/mol. The van der Waals surface area contributed by atoms with E-state index in [9.17, 15) is 0 Å². The Morgan fingerprint density at radius 3 is 2.64 bits per heavy atom. The molecule has 0 amide bonds. The maximum absolute atomic E-state index is 6.04. The van der Waals surface area contributed by atoms with E-state index in [0.29, 0.717) is 5.02 Å². The minimum Gasteiger partial charge on any atom is -0.135 e. The molecule has 1 aromatic rings. The molecule has 1 rings (SSSR count).